The van der Waals surface area contributed by atoms with Gasteiger partial charge < -0.3 is 5.32 Å². The molecule has 1 aliphatic rings. The molecule has 0 atom stereocenters. The Kier molecular flexibility index (Phi) is 4.47. The molecule has 0 aliphatic carbocycles. The van der Waals surface area contributed by atoms with Crippen LogP contribution in [-0.4, -0.2) is 26.6 Å². The van der Waals surface area contributed by atoms with Gasteiger partial charge in [0, 0.05) is 17.8 Å². The summed E-state index contributed by atoms with van der Waals surface area (Å²) >= 11 is 6.11. The Morgan fingerprint density at radius 3 is 2.67 bits per heavy atom. The lowest BCUT2D eigenvalue weighted by Crippen LogP contribution is -2.25. The summed E-state index contributed by atoms with van der Waals surface area (Å²) in [4.78, 5) is 12.2. The highest BCUT2D eigenvalue weighted by Crippen LogP contribution is 2.33. The van der Waals surface area contributed by atoms with Gasteiger partial charge in [0.1, 0.15) is 5.82 Å². The van der Waals surface area contributed by atoms with Gasteiger partial charge in [-0.15, -0.1) is 0 Å². The molecule has 0 bridgehead atoms. The molecule has 8 heteroatoms. The van der Waals surface area contributed by atoms with E-state index in [1.54, 1.807) is 6.07 Å². The molecule has 1 N–H and O–H groups in total. The monoisotopic (exact) mass is 368 g/mol. The molecule has 1 amide bonds. The molecule has 0 radical (unpaired) electrons. The summed E-state index contributed by atoms with van der Waals surface area (Å²) in [6.45, 7) is 0.351. The first-order valence-corrected chi connectivity index (χ1v) is 9.22. The largest absolute Gasteiger partial charge is 0.322 e. The molecular formula is C16H14ClFN2O3S. The minimum Gasteiger partial charge on any atom is -0.322 e. The van der Waals surface area contributed by atoms with E-state index in [-0.39, 0.29) is 16.3 Å². The third-order valence-electron chi connectivity index (χ3n) is 3.66. The van der Waals surface area contributed by atoms with Crippen molar-refractivity contribution in [2.75, 3.05) is 21.9 Å². The van der Waals surface area contributed by atoms with Gasteiger partial charge in [-0.3, -0.25) is 9.10 Å². The highest BCUT2D eigenvalue weighted by molar-refractivity contribution is 7.93. The zero-order chi connectivity index (χ0) is 17.3. The fourth-order valence-electron chi connectivity index (χ4n) is 2.52. The number of benzene rings is 2. The second kappa shape index (κ2) is 6.41. The lowest BCUT2D eigenvalue weighted by atomic mass is 10.2. The number of nitrogens with zero attached hydrogens (tertiary/aromatic N) is 1. The van der Waals surface area contributed by atoms with E-state index in [2.05, 4.69) is 5.32 Å². The lowest BCUT2D eigenvalue weighted by Gasteiger charge is -2.19. The van der Waals surface area contributed by atoms with E-state index in [4.69, 9.17) is 11.6 Å². The number of rotatable bonds is 3. The Morgan fingerprint density at radius 1 is 1.21 bits per heavy atom. The second-order valence-corrected chi connectivity index (χ2v) is 7.79. The van der Waals surface area contributed by atoms with E-state index in [1.165, 1.54) is 34.6 Å². The maximum absolute atomic E-state index is 13.2. The van der Waals surface area contributed by atoms with Gasteiger partial charge in [-0.1, -0.05) is 17.7 Å². The summed E-state index contributed by atoms with van der Waals surface area (Å²) < 4.78 is 38.5. The van der Waals surface area contributed by atoms with Crippen molar-refractivity contribution in [3.8, 4) is 0 Å². The lowest BCUT2D eigenvalue weighted by molar-refractivity contribution is 0.102. The molecule has 2 aromatic rings. The van der Waals surface area contributed by atoms with Crippen molar-refractivity contribution >= 4 is 38.9 Å². The molecule has 126 valence electrons. The van der Waals surface area contributed by atoms with Gasteiger partial charge in [-0.25, -0.2) is 12.8 Å². The van der Waals surface area contributed by atoms with E-state index in [0.717, 1.165) is 6.07 Å². The topological polar surface area (TPSA) is 66.5 Å². The van der Waals surface area contributed by atoms with Gasteiger partial charge in [0.25, 0.3) is 5.91 Å². The molecule has 3 rings (SSSR count). The molecule has 0 unspecified atom stereocenters. The van der Waals surface area contributed by atoms with Crippen molar-refractivity contribution in [2.24, 2.45) is 0 Å². The van der Waals surface area contributed by atoms with Crippen LogP contribution >= 0.6 is 11.6 Å². The third kappa shape index (κ3) is 3.37. The molecule has 1 saturated heterocycles. The predicted octanol–water partition coefficient (Wildman–Crippen LogP) is 3.27. The van der Waals surface area contributed by atoms with Crippen molar-refractivity contribution in [3.05, 3.63) is 58.9 Å². The Hall–Kier alpha value is -2.12. The maximum Gasteiger partial charge on any atom is 0.255 e. The molecule has 24 heavy (non-hydrogen) atoms. The summed E-state index contributed by atoms with van der Waals surface area (Å²) in [6.07, 6.45) is 0.526. The van der Waals surface area contributed by atoms with E-state index < -0.39 is 21.7 Å². The predicted molar refractivity (Wildman–Crippen MR) is 91.6 cm³/mol. The maximum atomic E-state index is 13.2. The SMILES string of the molecule is O=C(Nc1ccc(Cl)c(N2CCCS2(=O)=O)c1)c1cccc(F)c1. The Bertz CT molecular complexity index is 902. The van der Waals surface area contributed by atoms with Crippen LogP contribution in [0.15, 0.2) is 42.5 Å². The molecule has 5 nitrogen and oxygen atoms in total. The number of hydrogen-bond acceptors (Lipinski definition) is 3. The van der Waals surface area contributed by atoms with Crippen LogP contribution in [0.3, 0.4) is 0 Å². The van der Waals surface area contributed by atoms with Gasteiger partial charge in [0.2, 0.25) is 10.0 Å². The summed E-state index contributed by atoms with van der Waals surface area (Å²) in [7, 11) is -3.38. The molecule has 1 aliphatic heterocycles. The molecule has 0 saturated carbocycles. The van der Waals surface area contributed by atoms with Gasteiger partial charge in [-0.05, 0) is 42.8 Å². The normalized spacial score (nSPS) is 16.2. The third-order valence-corrected chi connectivity index (χ3v) is 5.83. The zero-order valence-electron chi connectivity index (χ0n) is 12.5. The zero-order valence-corrected chi connectivity index (χ0v) is 14.1. The Morgan fingerprint density at radius 2 is 2.00 bits per heavy atom. The summed E-state index contributed by atoms with van der Waals surface area (Å²) in [5.41, 5.74) is 0.872. The number of anilines is 2. The van der Waals surface area contributed by atoms with Crippen LogP contribution in [0.1, 0.15) is 16.8 Å². The van der Waals surface area contributed by atoms with E-state index in [9.17, 15) is 17.6 Å². The fraction of sp³-hybridized carbons (Fsp3) is 0.188. The molecule has 1 fully saturated rings. The number of amides is 1. The first-order chi connectivity index (χ1) is 11.4. The summed E-state index contributed by atoms with van der Waals surface area (Å²) in [5, 5.41) is 2.90. The van der Waals surface area contributed by atoms with Crippen molar-refractivity contribution in [1.82, 2.24) is 0 Å². The fourth-order valence-corrected chi connectivity index (χ4v) is 4.37. The van der Waals surface area contributed by atoms with E-state index in [0.29, 0.717) is 24.3 Å². The number of halogens is 2. The highest BCUT2D eigenvalue weighted by atomic mass is 35.5. The van der Waals surface area contributed by atoms with Crippen LogP contribution in [0.4, 0.5) is 15.8 Å². The number of hydrogen-bond donors (Lipinski definition) is 1. The molecule has 1 heterocycles. The van der Waals surface area contributed by atoms with Crippen LogP contribution in [0, 0.1) is 5.82 Å². The average molecular weight is 369 g/mol. The Balaban J connectivity index is 1.88. The summed E-state index contributed by atoms with van der Waals surface area (Å²) in [6, 6.07) is 9.88. The standard InChI is InChI=1S/C16H14ClFN2O3S/c17-14-6-5-13(10-15(14)20-7-2-8-24(20,22)23)19-16(21)11-3-1-4-12(18)9-11/h1,3-6,9-10H,2,7-8H2,(H,19,21). The van der Waals surface area contributed by atoms with Crippen LogP contribution in [0.2, 0.25) is 5.02 Å². The van der Waals surface area contributed by atoms with Crippen molar-refractivity contribution in [3.63, 3.8) is 0 Å². The van der Waals surface area contributed by atoms with Gasteiger partial charge in [0.05, 0.1) is 16.5 Å². The smallest absolute Gasteiger partial charge is 0.255 e. The molecular weight excluding hydrogens is 355 g/mol. The second-order valence-electron chi connectivity index (χ2n) is 5.37. The van der Waals surface area contributed by atoms with E-state index in [1.807, 2.05) is 0 Å². The number of carbonyl (C=O) groups excluding carboxylic acids is 1. The minimum atomic E-state index is -3.38. The van der Waals surface area contributed by atoms with Crippen LogP contribution in [0.5, 0.6) is 0 Å². The van der Waals surface area contributed by atoms with Crippen molar-refractivity contribution in [2.45, 2.75) is 6.42 Å². The van der Waals surface area contributed by atoms with E-state index >= 15 is 0 Å². The highest BCUT2D eigenvalue weighted by Gasteiger charge is 2.30. The van der Waals surface area contributed by atoms with Crippen molar-refractivity contribution in [1.29, 1.82) is 0 Å². The first-order valence-electron chi connectivity index (χ1n) is 7.24. The van der Waals surface area contributed by atoms with Gasteiger partial charge >= 0.3 is 0 Å². The van der Waals surface area contributed by atoms with Crippen molar-refractivity contribution < 1.29 is 17.6 Å². The van der Waals surface area contributed by atoms with Crippen LogP contribution < -0.4 is 9.62 Å². The minimum absolute atomic E-state index is 0.0726. The first kappa shape index (κ1) is 16.7. The number of nitrogens with one attached hydrogen (secondary N) is 1. The molecule has 2 aromatic carbocycles. The van der Waals surface area contributed by atoms with Crippen LogP contribution in [0.25, 0.3) is 0 Å². The quantitative estimate of drug-likeness (QED) is 0.904. The van der Waals surface area contributed by atoms with Gasteiger partial charge in [-0.2, -0.15) is 0 Å². The van der Waals surface area contributed by atoms with Crippen LogP contribution in [-0.2, 0) is 10.0 Å². The number of carbonyl (C=O) groups is 1. The number of sulfonamides is 1. The average Bonchev–Trinajstić information content (AvgIpc) is 2.88. The summed E-state index contributed by atoms with van der Waals surface area (Å²) in [5.74, 6) is -0.932. The molecule has 0 aromatic heterocycles. The molecule has 0 spiro atoms. The van der Waals surface area contributed by atoms with Gasteiger partial charge in [0.15, 0.2) is 0 Å². The Labute approximate surface area is 144 Å².